The Labute approximate surface area is 88.6 Å². The predicted molar refractivity (Wildman–Crippen MR) is 53.8 cm³/mol. The first-order chi connectivity index (χ1) is 7.58. The monoisotopic (exact) mass is 222 g/mol. The van der Waals surface area contributed by atoms with Crippen LogP contribution in [-0.4, -0.2) is 21.0 Å². The summed E-state index contributed by atoms with van der Waals surface area (Å²) in [6.07, 6.45) is 0. The maximum Gasteiger partial charge on any atom is 0.354 e. The lowest BCUT2D eigenvalue weighted by Gasteiger charge is -1.99. The second-order valence-electron chi connectivity index (χ2n) is 3.14. The number of hydrogen-bond donors (Lipinski definition) is 3. The Bertz CT molecular complexity index is 600. The number of rotatable bonds is 2. The zero-order chi connectivity index (χ0) is 11.7. The van der Waals surface area contributed by atoms with E-state index in [1.54, 1.807) is 0 Å². The number of imidazole rings is 1. The summed E-state index contributed by atoms with van der Waals surface area (Å²) in [7, 11) is 0. The van der Waals surface area contributed by atoms with Crippen LogP contribution in [-0.2, 0) is 0 Å². The van der Waals surface area contributed by atoms with Gasteiger partial charge < -0.3 is 10.1 Å². The lowest BCUT2D eigenvalue weighted by molar-refractivity contribution is 0.0692. The topological polar surface area (TPSA) is 85.9 Å². The van der Waals surface area contributed by atoms with Crippen LogP contribution in [0.4, 0.5) is 4.39 Å². The third kappa shape index (κ3) is 1.72. The van der Waals surface area contributed by atoms with Crippen molar-refractivity contribution < 1.29 is 14.3 Å². The maximum atomic E-state index is 12.9. The van der Waals surface area contributed by atoms with Gasteiger partial charge in [0.05, 0.1) is 5.69 Å². The Morgan fingerprint density at radius 2 is 2.06 bits per heavy atom. The van der Waals surface area contributed by atoms with Crippen molar-refractivity contribution in [1.82, 2.24) is 9.97 Å². The molecule has 0 aliphatic heterocycles. The second kappa shape index (κ2) is 3.65. The first-order valence-electron chi connectivity index (χ1n) is 4.39. The summed E-state index contributed by atoms with van der Waals surface area (Å²) in [4.78, 5) is 26.3. The Balaban J connectivity index is 2.64. The Morgan fingerprint density at radius 3 is 2.69 bits per heavy atom. The van der Waals surface area contributed by atoms with Gasteiger partial charge in [0.1, 0.15) is 5.82 Å². The van der Waals surface area contributed by atoms with E-state index in [-0.39, 0.29) is 11.4 Å². The highest BCUT2D eigenvalue weighted by molar-refractivity contribution is 5.92. The van der Waals surface area contributed by atoms with E-state index < -0.39 is 17.5 Å². The lowest BCUT2D eigenvalue weighted by Crippen LogP contribution is -2.03. The molecule has 0 saturated heterocycles. The van der Waals surface area contributed by atoms with Gasteiger partial charge in [0.15, 0.2) is 5.69 Å². The molecule has 3 N–H and O–H groups in total. The number of carbonyl (C=O) groups is 1. The van der Waals surface area contributed by atoms with E-state index in [0.717, 1.165) is 6.07 Å². The van der Waals surface area contributed by atoms with Crippen molar-refractivity contribution in [3.63, 3.8) is 0 Å². The molecule has 6 heteroatoms. The quantitative estimate of drug-likeness (QED) is 0.713. The van der Waals surface area contributed by atoms with Gasteiger partial charge in [-0.2, -0.15) is 0 Å². The molecule has 16 heavy (non-hydrogen) atoms. The third-order valence-corrected chi connectivity index (χ3v) is 2.05. The molecular weight excluding hydrogens is 215 g/mol. The van der Waals surface area contributed by atoms with E-state index in [4.69, 9.17) is 5.11 Å². The molecule has 0 bridgehead atoms. The van der Waals surface area contributed by atoms with Crippen LogP contribution in [0.5, 0.6) is 0 Å². The lowest BCUT2D eigenvalue weighted by atomic mass is 10.1. The smallest absolute Gasteiger partial charge is 0.354 e. The largest absolute Gasteiger partial charge is 0.477 e. The molecule has 1 aromatic carbocycles. The third-order valence-electron chi connectivity index (χ3n) is 2.05. The molecule has 0 aliphatic rings. The number of nitrogens with one attached hydrogen (secondary N) is 2. The molecule has 2 rings (SSSR count). The molecule has 0 radical (unpaired) electrons. The summed E-state index contributed by atoms with van der Waals surface area (Å²) < 4.78 is 12.9. The number of aromatic amines is 2. The maximum absolute atomic E-state index is 12.9. The predicted octanol–water partition coefficient (Wildman–Crippen LogP) is 1.21. The van der Waals surface area contributed by atoms with E-state index in [0.29, 0.717) is 5.56 Å². The number of hydrogen-bond acceptors (Lipinski definition) is 2. The average Bonchev–Trinajstić information content (AvgIpc) is 2.60. The fraction of sp³-hybridized carbons (Fsp3) is 0. The van der Waals surface area contributed by atoms with E-state index in [1.165, 1.54) is 18.2 Å². The number of aromatic carboxylic acids is 1. The Morgan fingerprint density at radius 1 is 1.31 bits per heavy atom. The normalized spacial score (nSPS) is 10.3. The second-order valence-corrected chi connectivity index (χ2v) is 3.14. The van der Waals surface area contributed by atoms with Gasteiger partial charge in [0.25, 0.3) is 0 Å². The molecule has 0 unspecified atom stereocenters. The molecule has 0 aliphatic carbocycles. The molecular formula is C10H7FN2O3. The number of carboxylic acids is 1. The van der Waals surface area contributed by atoms with Crippen molar-refractivity contribution in [3.8, 4) is 11.3 Å². The molecule has 0 fully saturated rings. The molecule has 0 amide bonds. The van der Waals surface area contributed by atoms with Crippen LogP contribution in [0.2, 0.25) is 0 Å². The van der Waals surface area contributed by atoms with Gasteiger partial charge >= 0.3 is 11.7 Å². The van der Waals surface area contributed by atoms with E-state index >= 15 is 0 Å². The van der Waals surface area contributed by atoms with Crippen LogP contribution in [0.3, 0.4) is 0 Å². The van der Waals surface area contributed by atoms with Crippen LogP contribution < -0.4 is 5.69 Å². The number of benzene rings is 1. The molecule has 82 valence electrons. The summed E-state index contributed by atoms with van der Waals surface area (Å²) in [5.41, 5.74) is -0.556. The molecule has 0 spiro atoms. The highest BCUT2D eigenvalue weighted by Gasteiger charge is 2.15. The van der Waals surface area contributed by atoms with Gasteiger partial charge in [0, 0.05) is 5.56 Å². The molecule has 0 saturated carbocycles. The summed E-state index contributed by atoms with van der Waals surface area (Å²) in [6, 6.07) is 5.32. The van der Waals surface area contributed by atoms with Gasteiger partial charge in [-0.1, -0.05) is 12.1 Å². The fourth-order valence-corrected chi connectivity index (χ4v) is 1.40. The summed E-state index contributed by atoms with van der Waals surface area (Å²) in [5, 5.41) is 8.83. The summed E-state index contributed by atoms with van der Waals surface area (Å²) in [5.74, 6) is -1.78. The van der Waals surface area contributed by atoms with Crippen LogP contribution >= 0.6 is 0 Å². The minimum Gasteiger partial charge on any atom is -0.477 e. The Hall–Kier alpha value is -2.37. The van der Waals surface area contributed by atoms with Crippen LogP contribution in [0.15, 0.2) is 29.1 Å². The zero-order valence-corrected chi connectivity index (χ0v) is 7.95. The van der Waals surface area contributed by atoms with Crippen molar-refractivity contribution in [2.75, 3.05) is 0 Å². The number of carboxylic acid groups (broad SMARTS) is 1. The Kier molecular flexibility index (Phi) is 2.32. The molecule has 0 atom stereocenters. The van der Waals surface area contributed by atoms with E-state index in [1.807, 2.05) is 0 Å². The standard InChI is InChI=1S/C10H7FN2O3/c11-6-3-1-2-5(4-6)7-8(9(14)15)13-10(16)12-7/h1-4H,(H,14,15)(H2,12,13,16). The number of H-pyrrole nitrogens is 2. The van der Waals surface area contributed by atoms with Crippen molar-refractivity contribution in [3.05, 3.63) is 46.3 Å². The van der Waals surface area contributed by atoms with Gasteiger partial charge in [-0.3, -0.25) is 4.98 Å². The summed E-state index contributed by atoms with van der Waals surface area (Å²) in [6.45, 7) is 0. The van der Waals surface area contributed by atoms with E-state index in [9.17, 15) is 14.0 Å². The van der Waals surface area contributed by atoms with Crippen molar-refractivity contribution in [2.24, 2.45) is 0 Å². The molecule has 1 aromatic heterocycles. The average molecular weight is 222 g/mol. The van der Waals surface area contributed by atoms with Crippen LogP contribution in [0.25, 0.3) is 11.3 Å². The fourth-order valence-electron chi connectivity index (χ4n) is 1.40. The first kappa shape index (κ1) is 10.2. The van der Waals surface area contributed by atoms with Crippen molar-refractivity contribution in [2.45, 2.75) is 0 Å². The molecule has 1 heterocycles. The highest BCUT2D eigenvalue weighted by Crippen LogP contribution is 2.19. The first-order valence-corrected chi connectivity index (χ1v) is 4.39. The minimum atomic E-state index is -1.28. The molecule has 2 aromatic rings. The SMILES string of the molecule is O=C(O)c1[nH]c(=O)[nH]c1-c1cccc(F)c1. The molecule has 5 nitrogen and oxygen atoms in total. The van der Waals surface area contributed by atoms with Crippen molar-refractivity contribution >= 4 is 5.97 Å². The van der Waals surface area contributed by atoms with Gasteiger partial charge in [0.2, 0.25) is 0 Å². The van der Waals surface area contributed by atoms with Gasteiger partial charge in [-0.15, -0.1) is 0 Å². The number of halogens is 1. The zero-order valence-electron chi connectivity index (χ0n) is 7.95. The minimum absolute atomic E-state index is 0.0667. The van der Waals surface area contributed by atoms with Crippen molar-refractivity contribution in [1.29, 1.82) is 0 Å². The highest BCUT2D eigenvalue weighted by atomic mass is 19.1. The summed E-state index contributed by atoms with van der Waals surface area (Å²) >= 11 is 0. The van der Waals surface area contributed by atoms with Crippen LogP contribution in [0, 0.1) is 5.82 Å². The van der Waals surface area contributed by atoms with Gasteiger partial charge in [-0.25, -0.2) is 14.0 Å². The number of aromatic nitrogens is 2. The van der Waals surface area contributed by atoms with E-state index in [2.05, 4.69) is 9.97 Å². The van der Waals surface area contributed by atoms with Gasteiger partial charge in [-0.05, 0) is 12.1 Å². The van der Waals surface area contributed by atoms with Crippen LogP contribution in [0.1, 0.15) is 10.5 Å².